The summed E-state index contributed by atoms with van der Waals surface area (Å²) in [6, 6.07) is 7.38. The first-order chi connectivity index (χ1) is 7.74. The van der Waals surface area contributed by atoms with Gasteiger partial charge in [-0.05, 0) is 17.7 Å². The SMILES string of the molecule is O=C(O)/C=C/c1ccccc1C#CCCCl. The lowest BCUT2D eigenvalue weighted by atomic mass is 10.1. The van der Waals surface area contributed by atoms with Gasteiger partial charge in [0.1, 0.15) is 0 Å². The molecule has 1 aromatic carbocycles. The van der Waals surface area contributed by atoms with Crippen molar-refractivity contribution in [1.29, 1.82) is 0 Å². The molecule has 0 saturated heterocycles. The summed E-state index contributed by atoms with van der Waals surface area (Å²) < 4.78 is 0. The molecular formula is C13H11ClO2. The van der Waals surface area contributed by atoms with Crippen LogP contribution in [0.5, 0.6) is 0 Å². The van der Waals surface area contributed by atoms with Crippen molar-refractivity contribution in [3.63, 3.8) is 0 Å². The molecule has 1 rings (SSSR count). The topological polar surface area (TPSA) is 37.3 Å². The van der Waals surface area contributed by atoms with Crippen LogP contribution < -0.4 is 0 Å². The molecule has 0 aliphatic heterocycles. The van der Waals surface area contributed by atoms with Crippen molar-refractivity contribution in [2.75, 3.05) is 5.88 Å². The first-order valence-electron chi connectivity index (χ1n) is 4.79. The lowest BCUT2D eigenvalue weighted by Gasteiger charge is -1.96. The Morgan fingerprint density at radius 2 is 2.19 bits per heavy atom. The van der Waals surface area contributed by atoms with Crippen molar-refractivity contribution in [2.45, 2.75) is 6.42 Å². The third-order valence-electron chi connectivity index (χ3n) is 1.81. The van der Waals surface area contributed by atoms with Gasteiger partial charge in [0, 0.05) is 23.9 Å². The fourth-order valence-corrected chi connectivity index (χ4v) is 1.22. The maximum atomic E-state index is 10.4. The Labute approximate surface area is 99.6 Å². The summed E-state index contributed by atoms with van der Waals surface area (Å²) in [4.78, 5) is 10.4. The van der Waals surface area contributed by atoms with Crippen LogP contribution in [0.25, 0.3) is 6.08 Å². The summed E-state index contributed by atoms with van der Waals surface area (Å²) in [5, 5.41) is 8.54. The second kappa shape index (κ2) is 6.71. The molecule has 0 radical (unpaired) electrons. The third-order valence-corrected chi connectivity index (χ3v) is 2.00. The second-order valence-electron chi connectivity index (χ2n) is 3.00. The highest BCUT2D eigenvalue weighted by atomic mass is 35.5. The van der Waals surface area contributed by atoms with Crippen LogP contribution in [0.15, 0.2) is 30.3 Å². The van der Waals surface area contributed by atoms with E-state index in [1.54, 1.807) is 0 Å². The highest BCUT2D eigenvalue weighted by Gasteiger charge is 1.95. The van der Waals surface area contributed by atoms with Gasteiger partial charge in [-0.25, -0.2) is 4.79 Å². The van der Waals surface area contributed by atoms with Gasteiger partial charge in [-0.2, -0.15) is 0 Å². The van der Waals surface area contributed by atoms with E-state index in [0.717, 1.165) is 17.2 Å². The van der Waals surface area contributed by atoms with E-state index in [9.17, 15) is 4.79 Å². The van der Waals surface area contributed by atoms with Gasteiger partial charge in [-0.1, -0.05) is 30.0 Å². The van der Waals surface area contributed by atoms with Crippen molar-refractivity contribution < 1.29 is 9.90 Å². The predicted octanol–water partition coefficient (Wildman–Crippen LogP) is 2.76. The Morgan fingerprint density at radius 3 is 2.88 bits per heavy atom. The second-order valence-corrected chi connectivity index (χ2v) is 3.38. The van der Waals surface area contributed by atoms with E-state index in [-0.39, 0.29) is 0 Å². The standard InChI is InChI=1S/C13H11ClO2/c14-10-4-3-7-11-5-1-2-6-12(11)8-9-13(15)16/h1-2,5-6,8-9H,4,10H2,(H,15,16)/b9-8+. The number of carboxylic acids is 1. The van der Waals surface area contributed by atoms with Crippen molar-refractivity contribution in [3.05, 3.63) is 41.5 Å². The maximum Gasteiger partial charge on any atom is 0.328 e. The number of benzene rings is 1. The lowest BCUT2D eigenvalue weighted by molar-refractivity contribution is -0.131. The minimum Gasteiger partial charge on any atom is -0.478 e. The molecule has 16 heavy (non-hydrogen) atoms. The van der Waals surface area contributed by atoms with Crippen LogP contribution in [0.2, 0.25) is 0 Å². The van der Waals surface area contributed by atoms with E-state index in [1.807, 2.05) is 24.3 Å². The quantitative estimate of drug-likeness (QED) is 0.496. The van der Waals surface area contributed by atoms with Crippen LogP contribution in [-0.2, 0) is 4.79 Å². The monoisotopic (exact) mass is 234 g/mol. The van der Waals surface area contributed by atoms with E-state index >= 15 is 0 Å². The van der Waals surface area contributed by atoms with E-state index in [1.165, 1.54) is 6.08 Å². The molecule has 1 N–H and O–H groups in total. The predicted molar refractivity (Wildman–Crippen MR) is 65.3 cm³/mol. The Hall–Kier alpha value is -1.72. The number of halogens is 1. The molecule has 0 bridgehead atoms. The smallest absolute Gasteiger partial charge is 0.328 e. The molecule has 2 nitrogen and oxygen atoms in total. The number of carbonyl (C=O) groups is 1. The van der Waals surface area contributed by atoms with Crippen LogP contribution in [0.3, 0.4) is 0 Å². The van der Waals surface area contributed by atoms with Crippen LogP contribution in [-0.4, -0.2) is 17.0 Å². The van der Waals surface area contributed by atoms with E-state index in [2.05, 4.69) is 11.8 Å². The first kappa shape index (κ1) is 12.4. The first-order valence-corrected chi connectivity index (χ1v) is 5.32. The van der Waals surface area contributed by atoms with Gasteiger partial charge in [0.05, 0.1) is 0 Å². The average Bonchev–Trinajstić information content (AvgIpc) is 2.28. The molecule has 0 spiro atoms. The third kappa shape index (κ3) is 4.20. The van der Waals surface area contributed by atoms with Crippen molar-refractivity contribution in [2.24, 2.45) is 0 Å². The summed E-state index contributed by atoms with van der Waals surface area (Å²) in [7, 11) is 0. The average molecular weight is 235 g/mol. The van der Waals surface area contributed by atoms with Gasteiger partial charge in [0.2, 0.25) is 0 Å². The zero-order valence-electron chi connectivity index (χ0n) is 8.61. The van der Waals surface area contributed by atoms with Crippen LogP contribution >= 0.6 is 11.6 Å². The molecule has 0 aliphatic rings. The number of hydrogen-bond acceptors (Lipinski definition) is 1. The number of carboxylic acid groups (broad SMARTS) is 1. The molecule has 3 heteroatoms. The van der Waals surface area contributed by atoms with Gasteiger partial charge < -0.3 is 5.11 Å². The largest absolute Gasteiger partial charge is 0.478 e. The van der Waals surface area contributed by atoms with Crippen molar-refractivity contribution in [3.8, 4) is 11.8 Å². The van der Waals surface area contributed by atoms with E-state index in [4.69, 9.17) is 16.7 Å². The number of aliphatic carboxylic acids is 1. The minimum absolute atomic E-state index is 0.500. The maximum absolute atomic E-state index is 10.4. The number of hydrogen-bond donors (Lipinski definition) is 1. The molecule has 0 aliphatic carbocycles. The zero-order chi connectivity index (χ0) is 11.8. The van der Waals surface area contributed by atoms with E-state index in [0.29, 0.717) is 12.3 Å². The summed E-state index contributed by atoms with van der Waals surface area (Å²) in [6.45, 7) is 0. The van der Waals surface area contributed by atoms with Gasteiger partial charge >= 0.3 is 5.97 Å². The van der Waals surface area contributed by atoms with Crippen LogP contribution in [0.1, 0.15) is 17.5 Å². The van der Waals surface area contributed by atoms with Gasteiger partial charge in [0.25, 0.3) is 0 Å². The Morgan fingerprint density at radius 1 is 1.44 bits per heavy atom. The molecule has 82 valence electrons. The van der Waals surface area contributed by atoms with E-state index < -0.39 is 5.97 Å². The summed E-state index contributed by atoms with van der Waals surface area (Å²) in [5.74, 6) is 5.41. The van der Waals surface area contributed by atoms with Gasteiger partial charge in [-0.3, -0.25) is 0 Å². The molecule has 0 saturated carbocycles. The highest BCUT2D eigenvalue weighted by Crippen LogP contribution is 2.09. The molecule has 0 fully saturated rings. The van der Waals surface area contributed by atoms with Crippen LogP contribution in [0, 0.1) is 11.8 Å². The zero-order valence-corrected chi connectivity index (χ0v) is 9.37. The normalized spacial score (nSPS) is 9.81. The number of rotatable bonds is 3. The fourth-order valence-electron chi connectivity index (χ4n) is 1.12. The van der Waals surface area contributed by atoms with Crippen molar-refractivity contribution in [1.82, 2.24) is 0 Å². The molecule has 0 atom stereocenters. The Kier molecular flexibility index (Phi) is 5.18. The molecular weight excluding hydrogens is 224 g/mol. The molecule has 0 unspecified atom stereocenters. The highest BCUT2D eigenvalue weighted by molar-refractivity contribution is 6.18. The van der Waals surface area contributed by atoms with Crippen LogP contribution in [0.4, 0.5) is 0 Å². The summed E-state index contributed by atoms with van der Waals surface area (Å²) in [5.41, 5.74) is 1.61. The Bertz CT molecular complexity index is 452. The van der Waals surface area contributed by atoms with Gasteiger partial charge in [-0.15, -0.1) is 11.6 Å². The Balaban J connectivity index is 2.93. The van der Waals surface area contributed by atoms with Crippen molar-refractivity contribution >= 4 is 23.6 Å². The molecule has 0 aromatic heterocycles. The molecule has 0 heterocycles. The minimum atomic E-state index is -0.969. The fraction of sp³-hybridized carbons (Fsp3) is 0.154. The molecule has 0 amide bonds. The summed E-state index contributed by atoms with van der Waals surface area (Å²) in [6.07, 6.45) is 3.26. The molecule has 1 aromatic rings. The number of alkyl halides is 1. The lowest BCUT2D eigenvalue weighted by Crippen LogP contribution is -1.87. The van der Waals surface area contributed by atoms with Gasteiger partial charge in [0.15, 0.2) is 0 Å². The summed E-state index contributed by atoms with van der Waals surface area (Å²) >= 11 is 5.52.